The molecule has 1 aromatic rings. The van der Waals surface area contributed by atoms with Crippen molar-refractivity contribution in [3.8, 4) is 0 Å². The fraction of sp³-hybridized carbons (Fsp3) is 0.500. The molecule has 1 saturated heterocycles. The van der Waals surface area contributed by atoms with Gasteiger partial charge in [-0.15, -0.1) is 0 Å². The molecule has 0 bridgehead atoms. The van der Waals surface area contributed by atoms with Gasteiger partial charge in [-0.3, -0.25) is 9.78 Å². The van der Waals surface area contributed by atoms with E-state index in [-0.39, 0.29) is 11.4 Å². The Bertz CT molecular complexity index is 375. The number of nitrogens with one attached hydrogen (secondary N) is 1. The topological polar surface area (TPSA) is 45.2 Å². The molecule has 0 radical (unpaired) electrons. The molecule has 1 fully saturated rings. The zero-order valence-electron chi connectivity index (χ0n) is 9.73. The van der Waals surface area contributed by atoms with Gasteiger partial charge in [0, 0.05) is 31.0 Å². The predicted molar refractivity (Wildman–Crippen MR) is 61.7 cm³/mol. The van der Waals surface area contributed by atoms with Crippen molar-refractivity contribution >= 4 is 5.91 Å². The highest BCUT2D eigenvalue weighted by Gasteiger charge is 2.30. The molecule has 16 heavy (non-hydrogen) atoms. The highest BCUT2D eigenvalue weighted by molar-refractivity contribution is 5.79. The number of aromatic nitrogens is 1. The van der Waals surface area contributed by atoms with Crippen molar-refractivity contribution in [1.82, 2.24) is 15.2 Å². The van der Waals surface area contributed by atoms with Gasteiger partial charge in [-0.1, -0.05) is 6.07 Å². The van der Waals surface area contributed by atoms with Gasteiger partial charge >= 0.3 is 0 Å². The standard InChI is InChI=1S/C12H17N3O/c1-12(2)9-15(11(16)7-14-12)8-10-4-3-5-13-6-10/h3-6,14H,7-9H2,1-2H3. The van der Waals surface area contributed by atoms with Crippen LogP contribution in [0, 0.1) is 0 Å². The zero-order valence-corrected chi connectivity index (χ0v) is 9.73. The molecule has 0 aromatic carbocycles. The summed E-state index contributed by atoms with van der Waals surface area (Å²) in [6.07, 6.45) is 3.55. The number of hydrogen-bond donors (Lipinski definition) is 1. The minimum Gasteiger partial charge on any atom is -0.335 e. The van der Waals surface area contributed by atoms with Gasteiger partial charge < -0.3 is 10.2 Å². The maximum absolute atomic E-state index is 11.7. The first-order chi connectivity index (χ1) is 7.57. The Labute approximate surface area is 95.7 Å². The van der Waals surface area contributed by atoms with Crippen LogP contribution in [0.2, 0.25) is 0 Å². The van der Waals surface area contributed by atoms with Crippen LogP contribution in [0.4, 0.5) is 0 Å². The summed E-state index contributed by atoms with van der Waals surface area (Å²) in [5.74, 6) is 0.156. The van der Waals surface area contributed by atoms with Gasteiger partial charge in [-0.2, -0.15) is 0 Å². The van der Waals surface area contributed by atoms with E-state index in [1.54, 1.807) is 6.20 Å². The first kappa shape index (κ1) is 11.1. The minimum absolute atomic E-state index is 0.00385. The SMILES string of the molecule is CC1(C)CN(Cc2cccnc2)C(=O)CN1. The zero-order chi connectivity index (χ0) is 11.6. The average Bonchev–Trinajstić information content (AvgIpc) is 2.25. The van der Waals surface area contributed by atoms with Gasteiger partial charge in [0.25, 0.3) is 0 Å². The summed E-state index contributed by atoms with van der Waals surface area (Å²) in [4.78, 5) is 17.7. The third kappa shape index (κ3) is 2.58. The Morgan fingerprint density at radius 1 is 1.56 bits per heavy atom. The summed E-state index contributed by atoms with van der Waals surface area (Å²) in [6.45, 7) is 6.02. The van der Waals surface area contributed by atoms with Crippen LogP contribution >= 0.6 is 0 Å². The van der Waals surface area contributed by atoms with Crippen molar-refractivity contribution in [2.75, 3.05) is 13.1 Å². The maximum Gasteiger partial charge on any atom is 0.236 e. The second-order valence-electron chi connectivity index (χ2n) is 4.85. The smallest absolute Gasteiger partial charge is 0.236 e. The number of rotatable bonds is 2. The molecule has 1 aliphatic heterocycles. The van der Waals surface area contributed by atoms with Crippen molar-refractivity contribution < 1.29 is 4.79 Å². The summed E-state index contributed by atoms with van der Waals surface area (Å²) in [6, 6.07) is 3.89. The molecule has 1 N–H and O–H groups in total. The Balaban J connectivity index is 2.06. The lowest BCUT2D eigenvalue weighted by atomic mass is 10.0. The number of carbonyl (C=O) groups excluding carboxylic acids is 1. The van der Waals surface area contributed by atoms with Crippen LogP contribution in [0.25, 0.3) is 0 Å². The molecule has 2 rings (SSSR count). The third-order valence-corrected chi connectivity index (χ3v) is 2.75. The first-order valence-electron chi connectivity index (χ1n) is 5.48. The molecule has 0 spiro atoms. The molecule has 1 aliphatic rings. The van der Waals surface area contributed by atoms with Gasteiger partial charge in [-0.05, 0) is 25.5 Å². The normalized spacial score (nSPS) is 19.9. The van der Waals surface area contributed by atoms with Gasteiger partial charge in [-0.25, -0.2) is 0 Å². The average molecular weight is 219 g/mol. The Hall–Kier alpha value is -1.42. The Morgan fingerprint density at radius 3 is 3.06 bits per heavy atom. The lowest BCUT2D eigenvalue weighted by Crippen LogP contribution is -2.59. The molecule has 0 saturated carbocycles. The molecular formula is C12H17N3O. The molecule has 1 aromatic heterocycles. The van der Waals surface area contributed by atoms with E-state index < -0.39 is 0 Å². The van der Waals surface area contributed by atoms with E-state index in [1.807, 2.05) is 23.2 Å². The van der Waals surface area contributed by atoms with E-state index in [0.29, 0.717) is 13.1 Å². The van der Waals surface area contributed by atoms with Crippen LogP contribution in [0.5, 0.6) is 0 Å². The molecule has 0 aliphatic carbocycles. The van der Waals surface area contributed by atoms with Crippen LogP contribution in [-0.4, -0.2) is 34.4 Å². The second kappa shape index (κ2) is 4.22. The molecule has 4 heteroatoms. The van der Waals surface area contributed by atoms with E-state index in [4.69, 9.17) is 0 Å². The molecule has 4 nitrogen and oxygen atoms in total. The summed E-state index contributed by atoms with van der Waals surface area (Å²) >= 11 is 0. The van der Waals surface area contributed by atoms with Crippen LogP contribution in [0.3, 0.4) is 0 Å². The molecule has 0 atom stereocenters. The molecule has 2 heterocycles. The summed E-state index contributed by atoms with van der Waals surface area (Å²) in [7, 11) is 0. The lowest BCUT2D eigenvalue weighted by molar-refractivity contribution is -0.135. The molecule has 0 unspecified atom stereocenters. The predicted octanol–water partition coefficient (Wildman–Crippen LogP) is 0.792. The number of pyridine rings is 1. The van der Waals surface area contributed by atoms with Crippen LogP contribution in [-0.2, 0) is 11.3 Å². The first-order valence-corrected chi connectivity index (χ1v) is 5.48. The van der Waals surface area contributed by atoms with Gasteiger partial charge in [0.2, 0.25) is 5.91 Å². The fourth-order valence-electron chi connectivity index (χ4n) is 1.90. The van der Waals surface area contributed by atoms with Gasteiger partial charge in [0.15, 0.2) is 0 Å². The van der Waals surface area contributed by atoms with E-state index >= 15 is 0 Å². The van der Waals surface area contributed by atoms with E-state index in [0.717, 1.165) is 12.1 Å². The number of piperazine rings is 1. The fourth-order valence-corrected chi connectivity index (χ4v) is 1.90. The largest absolute Gasteiger partial charge is 0.335 e. The van der Waals surface area contributed by atoms with E-state index in [2.05, 4.69) is 24.1 Å². The van der Waals surface area contributed by atoms with Crippen molar-refractivity contribution in [3.63, 3.8) is 0 Å². The highest BCUT2D eigenvalue weighted by Crippen LogP contribution is 2.13. The van der Waals surface area contributed by atoms with Gasteiger partial charge in [0.1, 0.15) is 0 Å². The van der Waals surface area contributed by atoms with Crippen molar-refractivity contribution in [2.45, 2.75) is 25.9 Å². The number of carbonyl (C=O) groups is 1. The van der Waals surface area contributed by atoms with E-state index in [1.165, 1.54) is 0 Å². The molecule has 86 valence electrons. The molecular weight excluding hydrogens is 202 g/mol. The second-order valence-corrected chi connectivity index (χ2v) is 4.85. The van der Waals surface area contributed by atoms with Crippen LogP contribution in [0.15, 0.2) is 24.5 Å². The van der Waals surface area contributed by atoms with Crippen LogP contribution in [0.1, 0.15) is 19.4 Å². The maximum atomic E-state index is 11.7. The summed E-state index contributed by atoms with van der Waals surface area (Å²) in [5, 5.41) is 3.22. The van der Waals surface area contributed by atoms with Crippen molar-refractivity contribution in [1.29, 1.82) is 0 Å². The Kier molecular flexibility index (Phi) is 2.92. The van der Waals surface area contributed by atoms with Crippen LogP contribution < -0.4 is 5.32 Å². The number of amides is 1. The number of hydrogen-bond acceptors (Lipinski definition) is 3. The summed E-state index contributed by atoms with van der Waals surface area (Å²) in [5.41, 5.74) is 1.07. The van der Waals surface area contributed by atoms with Crippen molar-refractivity contribution in [2.24, 2.45) is 0 Å². The minimum atomic E-state index is -0.00385. The Morgan fingerprint density at radius 2 is 2.38 bits per heavy atom. The summed E-state index contributed by atoms with van der Waals surface area (Å²) < 4.78 is 0. The quantitative estimate of drug-likeness (QED) is 0.800. The number of nitrogens with zero attached hydrogens (tertiary/aromatic N) is 2. The molecule has 1 amide bonds. The van der Waals surface area contributed by atoms with Gasteiger partial charge in [0.05, 0.1) is 6.54 Å². The van der Waals surface area contributed by atoms with E-state index in [9.17, 15) is 4.79 Å². The monoisotopic (exact) mass is 219 g/mol. The third-order valence-electron chi connectivity index (χ3n) is 2.75. The van der Waals surface area contributed by atoms with Crippen molar-refractivity contribution in [3.05, 3.63) is 30.1 Å². The highest BCUT2D eigenvalue weighted by atomic mass is 16.2. The lowest BCUT2D eigenvalue weighted by Gasteiger charge is -2.38.